The minimum atomic E-state index is -0.240. The molecule has 1 atom stereocenters. The van der Waals surface area contributed by atoms with Gasteiger partial charge in [-0.3, -0.25) is 4.79 Å². The van der Waals surface area contributed by atoms with Crippen molar-refractivity contribution < 1.29 is 9.26 Å². The van der Waals surface area contributed by atoms with Crippen LogP contribution in [0.4, 0.5) is 0 Å². The van der Waals surface area contributed by atoms with Crippen LogP contribution >= 0.6 is 0 Å². The zero-order valence-corrected chi connectivity index (χ0v) is 13.7. The van der Waals surface area contributed by atoms with Crippen LogP contribution in [0, 0.1) is 0 Å². The Hall–Kier alpha value is -2.75. The first-order chi connectivity index (χ1) is 11.5. The van der Waals surface area contributed by atoms with Gasteiger partial charge in [-0.25, -0.2) is 0 Å². The number of ether oxygens (including phenoxy) is 1. The van der Waals surface area contributed by atoms with E-state index in [0.29, 0.717) is 5.76 Å². The van der Waals surface area contributed by atoms with E-state index >= 15 is 0 Å². The molecule has 4 heteroatoms. The second-order valence-electron chi connectivity index (χ2n) is 6.79. The Labute approximate surface area is 140 Å². The van der Waals surface area contributed by atoms with E-state index in [9.17, 15) is 4.79 Å². The molecule has 1 unspecified atom stereocenters. The molecule has 1 aromatic heterocycles. The summed E-state index contributed by atoms with van der Waals surface area (Å²) in [6, 6.07) is 17.6. The SMILES string of the molecule is CC1(C)c2ccccc2CC1Oc1ccc(-c2cc(=O)[nH]o2)cc1. The van der Waals surface area contributed by atoms with Crippen molar-refractivity contribution in [2.24, 2.45) is 0 Å². The Balaban J connectivity index is 1.55. The Morgan fingerprint density at radius 2 is 1.88 bits per heavy atom. The first kappa shape index (κ1) is 14.8. The summed E-state index contributed by atoms with van der Waals surface area (Å²) < 4.78 is 11.4. The average Bonchev–Trinajstić information content (AvgIpc) is 3.11. The van der Waals surface area contributed by atoms with E-state index in [1.165, 1.54) is 17.2 Å². The lowest BCUT2D eigenvalue weighted by molar-refractivity contribution is 0.141. The summed E-state index contributed by atoms with van der Waals surface area (Å²) in [7, 11) is 0. The van der Waals surface area contributed by atoms with E-state index in [-0.39, 0.29) is 17.1 Å². The third kappa shape index (κ3) is 2.44. The van der Waals surface area contributed by atoms with Crippen molar-refractivity contribution in [3.63, 3.8) is 0 Å². The average molecular weight is 321 g/mol. The van der Waals surface area contributed by atoms with Crippen LogP contribution in [0.3, 0.4) is 0 Å². The van der Waals surface area contributed by atoms with Gasteiger partial charge in [-0.2, -0.15) is 5.16 Å². The lowest BCUT2D eigenvalue weighted by atomic mass is 9.84. The van der Waals surface area contributed by atoms with Gasteiger partial charge in [-0.15, -0.1) is 0 Å². The zero-order valence-electron chi connectivity index (χ0n) is 13.7. The van der Waals surface area contributed by atoms with Crippen LogP contribution in [0.5, 0.6) is 5.75 Å². The first-order valence-corrected chi connectivity index (χ1v) is 8.08. The van der Waals surface area contributed by atoms with Gasteiger partial charge in [0.2, 0.25) is 0 Å². The van der Waals surface area contributed by atoms with Gasteiger partial charge in [0.1, 0.15) is 11.9 Å². The third-order valence-corrected chi connectivity index (χ3v) is 4.86. The summed E-state index contributed by atoms with van der Waals surface area (Å²) in [5, 5.41) is 2.30. The highest BCUT2D eigenvalue weighted by atomic mass is 16.5. The van der Waals surface area contributed by atoms with Crippen molar-refractivity contribution in [2.75, 3.05) is 0 Å². The number of nitrogens with one attached hydrogen (secondary N) is 1. The smallest absolute Gasteiger partial charge is 0.280 e. The summed E-state index contributed by atoms with van der Waals surface area (Å²) >= 11 is 0. The van der Waals surface area contributed by atoms with E-state index < -0.39 is 0 Å². The molecule has 1 aliphatic carbocycles. The van der Waals surface area contributed by atoms with Gasteiger partial charge in [-0.05, 0) is 35.4 Å². The maximum atomic E-state index is 11.2. The van der Waals surface area contributed by atoms with Crippen LogP contribution in [0.15, 0.2) is 63.9 Å². The van der Waals surface area contributed by atoms with Crippen LogP contribution in [0.1, 0.15) is 25.0 Å². The van der Waals surface area contributed by atoms with Crippen molar-refractivity contribution in [3.05, 3.63) is 76.1 Å². The number of aromatic amines is 1. The molecule has 0 saturated carbocycles. The van der Waals surface area contributed by atoms with Gasteiger partial charge in [-0.1, -0.05) is 38.1 Å². The Morgan fingerprint density at radius 3 is 2.54 bits per heavy atom. The Morgan fingerprint density at radius 1 is 1.12 bits per heavy atom. The van der Waals surface area contributed by atoms with Crippen molar-refractivity contribution in [1.29, 1.82) is 0 Å². The summed E-state index contributed by atoms with van der Waals surface area (Å²) in [6.07, 6.45) is 1.02. The number of benzene rings is 2. The van der Waals surface area contributed by atoms with Crippen molar-refractivity contribution in [3.8, 4) is 17.1 Å². The van der Waals surface area contributed by atoms with Gasteiger partial charge in [0.25, 0.3) is 5.56 Å². The van der Waals surface area contributed by atoms with Crippen molar-refractivity contribution >= 4 is 0 Å². The molecule has 0 radical (unpaired) electrons. The monoisotopic (exact) mass is 321 g/mol. The van der Waals surface area contributed by atoms with Gasteiger partial charge >= 0.3 is 0 Å². The molecule has 1 N–H and O–H groups in total. The van der Waals surface area contributed by atoms with Gasteiger partial charge in [0, 0.05) is 17.4 Å². The first-order valence-electron chi connectivity index (χ1n) is 8.08. The fourth-order valence-electron chi connectivity index (χ4n) is 3.43. The van der Waals surface area contributed by atoms with Crippen LogP contribution in [-0.4, -0.2) is 11.3 Å². The lowest BCUT2D eigenvalue weighted by Gasteiger charge is -2.28. The van der Waals surface area contributed by atoms with E-state index in [1.54, 1.807) is 0 Å². The van der Waals surface area contributed by atoms with Crippen molar-refractivity contribution in [2.45, 2.75) is 31.8 Å². The predicted octanol–water partition coefficient (Wildman–Crippen LogP) is 3.92. The normalized spacial score (nSPS) is 18.3. The molecular weight excluding hydrogens is 302 g/mol. The van der Waals surface area contributed by atoms with E-state index in [1.807, 2.05) is 24.3 Å². The fraction of sp³-hybridized carbons (Fsp3) is 0.250. The lowest BCUT2D eigenvalue weighted by Crippen LogP contribution is -2.34. The van der Waals surface area contributed by atoms with Crippen LogP contribution in [0.2, 0.25) is 0 Å². The molecule has 0 spiro atoms. The summed E-state index contributed by atoms with van der Waals surface area (Å²) in [5.74, 6) is 1.35. The number of aromatic nitrogens is 1. The van der Waals surface area contributed by atoms with Crippen molar-refractivity contribution in [1.82, 2.24) is 5.16 Å². The molecule has 24 heavy (non-hydrogen) atoms. The predicted molar refractivity (Wildman–Crippen MR) is 92.4 cm³/mol. The van der Waals surface area contributed by atoms with Gasteiger partial charge < -0.3 is 9.26 Å². The number of hydrogen-bond acceptors (Lipinski definition) is 3. The highest BCUT2D eigenvalue weighted by Gasteiger charge is 2.40. The molecule has 4 nitrogen and oxygen atoms in total. The maximum absolute atomic E-state index is 11.2. The van der Waals surface area contributed by atoms with E-state index in [4.69, 9.17) is 9.26 Å². The number of hydrogen-bond donors (Lipinski definition) is 1. The molecule has 4 rings (SSSR count). The minimum absolute atomic E-state index is 0.0251. The molecule has 1 aliphatic rings. The summed E-state index contributed by atoms with van der Waals surface area (Å²) in [6.45, 7) is 4.46. The quantitative estimate of drug-likeness (QED) is 0.795. The Kier molecular flexibility index (Phi) is 3.34. The third-order valence-electron chi connectivity index (χ3n) is 4.86. The molecule has 0 amide bonds. The van der Waals surface area contributed by atoms with E-state index in [2.05, 4.69) is 43.3 Å². The van der Waals surface area contributed by atoms with Gasteiger partial charge in [0.05, 0.1) is 6.07 Å². The molecule has 3 aromatic rings. The second-order valence-corrected chi connectivity index (χ2v) is 6.79. The van der Waals surface area contributed by atoms with E-state index in [0.717, 1.165) is 17.7 Å². The topological polar surface area (TPSA) is 55.2 Å². The number of fused-ring (bicyclic) bond motifs is 1. The maximum Gasteiger partial charge on any atom is 0.280 e. The van der Waals surface area contributed by atoms with Crippen LogP contribution in [-0.2, 0) is 11.8 Å². The zero-order chi connectivity index (χ0) is 16.7. The molecule has 2 aromatic carbocycles. The molecule has 0 saturated heterocycles. The highest BCUT2D eigenvalue weighted by molar-refractivity contribution is 5.57. The molecule has 0 aliphatic heterocycles. The summed E-state index contributed by atoms with van der Waals surface area (Å²) in [5.41, 5.74) is 3.30. The fourth-order valence-corrected chi connectivity index (χ4v) is 3.43. The minimum Gasteiger partial charge on any atom is -0.489 e. The second kappa shape index (κ2) is 5.41. The van der Waals surface area contributed by atoms with Gasteiger partial charge in [0.15, 0.2) is 5.76 Å². The molecule has 0 fully saturated rings. The Bertz CT molecular complexity index is 918. The number of rotatable bonds is 3. The summed E-state index contributed by atoms with van der Waals surface area (Å²) in [4.78, 5) is 11.2. The molecular formula is C20H19NO3. The van der Waals surface area contributed by atoms with Crippen LogP contribution in [0.25, 0.3) is 11.3 Å². The standard InChI is InChI=1S/C20H19NO3/c1-20(2)16-6-4-3-5-14(16)11-18(20)23-15-9-7-13(8-10-15)17-12-19(22)21-24-17/h3-10,12,18H,11H2,1-2H3,(H,21,22). The number of H-pyrrole nitrogens is 1. The molecule has 1 heterocycles. The van der Waals surface area contributed by atoms with Crippen LogP contribution < -0.4 is 10.3 Å². The molecule has 122 valence electrons. The molecule has 0 bridgehead atoms. The highest BCUT2D eigenvalue weighted by Crippen LogP contribution is 2.40. The largest absolute Gasteiger partial charge is 0.489 e.